The minimum absolute atomic E-state index is 0.142. The Morgan fingerprint density at radius 2 is 1.31 bits per heavy atom. The van der Waals surface area contributed by atoms with Crippen molar-refractivity contribution in [1.29, 1.82) is 0 Å². The molecule has 0 heterocycles. The van der Waals surface area contributed by atoms with Crippen LogP contribution in [0.25, 0.3) is 0 Å². The predicted molar refractivity (Wildman–Crippen MR) is 128 cm³/mol. The number of nitrogens with one attached hydrogen (secondary N) is 1. The molecule has 0 radical (unpaired) electrons. The van der Waals surface area contributed by atoms with Crippen LogP contribution in [-0.4, -0.2) is 29.4 Å². The van der Waals surface area contributed by atoms with Crippen molar-refractivity contribution in [3.8, 4) is 0 Å². The van der Waals surface area contributed by atoms with Gasteiger partial charge in [0.05, 0.1) is 6.54 Å². The minimum atomic E-state index is -0.488. The Morgan fingerprint density at radius 3 is 1.76 bits per heavy atom. The number of amides is 1. The Kier molecular flexibility index (Phi) is 17.5. The number of carbonyl (C=O) groups excluding carboxylic acids is 1. The molecule has 4 nitrogen and oxygen atoms in total. The molecule has 0 aliphatic heterocycles. The van der Waals surface area contributed by atoms with Crippen LogP contribution < -0.4 is 5.32 Å². The maximum atomic E-state index is 11.6. The summed E-state index contributed by atoms with van der Waals surface area (Å²) in [5.74, 6) is 0. The molecule has 29 heavy (non-hydrogen) atoms. The maximum absolute atomic E-state index is 11.6. The van der Waals surface area contributed by atoms with Crippen molar-refractivity contribution in [2.75, 3.05) is 6.54 Å². The lowest BCUT2D eigenvalue weighted by atomic mass is 10.0. The lowest BCUT2D eigenvalue weighted by Gasteiger charge is -2.21. The molecule has 0 saturated carbocycles. The quantitative estimate of drug-likeness (QED) is 0.190. The summed E-state index contributed by atoms with van der Waals surface area (Å²) in [4.78, 5) is 11.6. The highest BCUT2D eigenvalue weighted by atomic mass is 32.1. The third kappa shape index (κ3) is 21.7. The Morgan fingerprint density at radius 1 is 0.862 bits per heavy atom. The van der Waals surface area contributed by atoms with E-state index in [4.69, 9.17) is 21.7 Å². The summed E-state index contributed by atoms with van der Waals surface area (Å²) in [6.45, 7) is 10.1. The summed E-state index contributed by atoms with van der Waals surface area (Å²) in [5, 5.41) is 3.36. The molecule has 0 saturated heterocycles. The van der Waals surface area contributed by atoms with Gasteiger partial charge in [-0.05, 0) is 46.3 Å². The minimum Gasteiger partial charge on any atom is -0.482 e. The van der Waals surface area contributed by atoms with E-state index in [2.05, 4.69) is 12.2 Å². The van der Waals surface area contributed by atoms with Crippen molar-refractivity contribution in [2.24, 2.45) is 0 Å². The fourth-order valence-electron chi connectivity index (χ4n) is 3.15. The molecule has 172 valence electrons. The van der Waals surface area contributed by atoms with E-state index in [1.165, 1.54) is 77.0 Å². The van der Waals surface area contributed by atoms with Gasteiger partial charge in [-0.25, -0.2) is 4.79 Å². The maximum Gasteiger partial charge on any atom is 0.407 e. The molecule has 1 N–H and O–H groups in total. The number of carbonyl (C=O) groups is 1. The Balaban J connectivity index is 3.46. The first-order chi connectivity index (χ1) is 13.7. The van der Waals surface area contributed by atoms with Crippen LogP contribution in [0.1, 0.15) is 125 Å². The van der Waals surface area contributed by atoms with Gasteiger partial charge in [-0.2, -0.15) is 0 Å². The summed E-state index contributed by atoms with van der Waals surface area (Å²) < 4.78 is 10.9. The zero-order chi connectivity index (χ0) is 22.0. The topological polar surface area (TPSA) is 47.6 Å². The number of alkyl carbamates (subject to hydrolysis) is 1. The number of unbranched alkanes of at least 4 members (excludes halogenated alkanes) is 12. The third-order valence-electron chi connectivity index (χ3n) is 4.75. The first-order valence-corrected chi connectivity index (χ1v) is 12.3. The van der Waals surface area contributed by atoms with Gasteiger partial charge in [0.25, 0.3) is 0 Å². The summed E-state index contributed by atoms with van der Waals surface area (Å²) in [6, 6.07) is 0. The first kappa shape index (κ1) is 28.2. The van der Waals surface area contributed by atoms with Gasteiger partial charge in [0.1, 0.15) is 11.7 Å². The Hall–Kier alpha value is -0.840. The molecular weight excluding hydrogens is 382 g/mol. The molecule has 0 rings (SSSR count). The van der Waals surface area contributed by atoms with Crippen LogP contribution in [-0.2, 0) is 9.47 Å². The van der Waals surface area contributed by atoms with Crippen molar-refractivity contribution in [3.05, 3.63) is 0 Å². The normalized spacial score (nSPS) is 12.4. The standard InChI is InChI=1S/C24H47NO3S/c1-6-7-8-9-10-11-12-13-14-15-16-17-18-19-22(29)27-21(2)20-25-23(26)28-24(3,4)5/h21H,6-20H2,1-5H3,(H,25,26). The molecule has 0 fully saturated rings. The zero-order valence-corrected chi connectivity index (χ0v) is 20.6. The van der Waals surface area contributed by atoms with Crippen molar-refractivity contribution >= 4 is 23.4 Å². The molecule has 5 heteroatoms. The van der Waals surface area contributed by atoms with Crippen molar-refractivity contribution in [1.82, 2.24) is 5.32 Å². The molecule has 0 aromatic rings. The lowest BCUT2D eigenvalue weighted by Crippen LogP contribution is -2.37. The SMILES string of the molecule is CCCCCCCCCCCCCCCC(=S)OC(C)CNC(=O)OC(C)(C)C. The van der Waals surface area contributed by atoms with Gasteiger partial charge >= 0.3 is 6.09 Å². The molecule has 1 unspecified atom stereocenters. The van der Waals surface area contributed by atoms with Crippen LogP contribution in [0.3, 0.4) is 0 Å². The van der Waals surface area contributed by atoms with Crippen LogP contribution in [0.4, 0.5) is 4.79 Å². The predicted octanol–water partition coefficient (Wildman–Crippen LogP) is 7.72. The Labute approximate surface area is 185 Å². The van der Waals surface area contributed by atoms with Gasteiger partial charge in [0.2, 0.25) is 0 Å². The second-order valence-electron chi connectivity index (χ2n) is 9.18. The number of rotatable bonds is 17. The highest BCUT2D eigenvalue weighted by molar-refractivity contribution is 7.80. The largest absolute Gasteiger partial charge is 0.482 e. The molecule has 0 aliphatic carbocycles. The highest BCUT2D eigenvalue weighted by Gasteiger charge is 2.16. The van der Waals surface area contributed by atoms with Crippen LogP contribution in [0.5, 0.6) is 0 Å². The van der Waals surface area contributed by atoms with E-state index < -0.39 is 11.7 Å². The second kappa shape index (κ2) is 18.0. The van der Waals surface area contributed by atoms with Gasteiger partial charge in [-0.3, -0.25) is 0 Å². The molecule has 1 atom stereocenters. The van der Waals surface area contributed by atoms with E-state index >= 15 is 0 Å². The Bertz CT molecular complexity index is 421. The molecule has 1 amide bonds. The van der Waals surface area contributed by atoms with Crippen LogP contribution in [0, 0.1) is 0 Å². The molecule has 0 aliphatic rings. The smallest absolute Gasteiger partial charge is 0.407 e. The molecule has 0 aromatic heterocycles. The summed E-state index contributed by atoms with van der Waals surface area (Å²) >= 11 is 5.32. The van der Waals surface area contributed by atoms with Gasteiger partial charge in [0, 0.05) is 6.42 Å². The zero-order valence-electron chi connectivity index (χ0n) is 19.8. The molecule has 0 aromatic carbocycles. The first-order valence-electron chi connectivity index (χ1n) is 11.9. The van der Waals surface area contributed by atoms with E-state index in [-0.39, 0.29) is 6.10 Å². The van der Waals surface area contributed by atoms with Crippen LogP contribution in [0.15, 0.2) is 0 Å². The number of hydrogen-bond donors (Lipinski definition) is 1. The third-order valence-corrected chi connectivity index (χ3v) is 5.05. The summed E-state index contributed by atoms with van der Waals surface area (Å²) in [6.07, 6.45) is 17.7. The number of thiocarbonyl (C=S) groups is 1. The average molecular weight is 430 g/mol. The lowest BCUT2D eigenvalue weighted by molar-refractivity contribution is 0.0502. The van der Waals surface area contributed by atoms with Crippen LogP contribution >= 0.6 is 12.2 Å². The van der Waals surface area contributed by atoms with Crippen LogP contribution in [0.2, 0.25) is 0 Å². The molecule has 0 spiro atoms. The number of hydrogen-bond acceptors (Lipinski definition) is 4. The van der Waals surface area contributed by atoms with E-state index in [0.29, 0.717) is 11.6 Å². The van der Waals surface area contributed by atoms with E-state index in [1.54, 1.807) is 0 Å². The average Bonchev–Trinajstić information content (AvgIpc) is 2.62. The summed E-state index contributed by atoms with van der Waals surface area (Å²) in [5.41, 5.74) is -0.488. The highest BCUT2D eigenvalue weighted by Crippen LogP contribution is 2.13. The molecule has 0 bridgehead atoms. The van der Waals surface area contributed by atoms with Crippen molar-refractivity contribution < 1.29 is 14.3 Å². The number of ether oxygens (including phenoxy) is 2. The van der Waals surface area contributed by atoms with E-state index in [1.807, 2.05) is 27.7 Å². The van der Waals surface area contributed by atoms with Gasteiger partial charge in [-0.15, -0.1) is 0 Å². The van der Waals surface area contributed by atoms with E-state index in [0.717, 1.165) is 12.8 Å². The van der Waals surface area contributed by atoms with Crippen molar-refractivity contribution in [3.63, 3.8) is 0 Å². The van der Waals surface area contributed by atoms with Gasteiger partial charge < -0.3 is 14.8 Å². The van der Waals surface area contributed by atoms with Crippen molar-refractivity contribution in [2.45, 2.75) is 136 Å². The van der Waals surface area contributed by atoms with Gasteiger partial charge in [0.15, 0.2) is 5.05 Å². The second-order valence-corrected chi connectivity index (χ2v) is 9.63. The van der Waals surface area contributed by atoms with Gasteiger partial charge in [-0.1, -0.05) is 84.0 Å². The molecular formula is C24H47NO3S. The fraction of sp³-hybridized carbons (Fsp3) is 0.917. The summed E-state index contributed by atoms with van der Waals surface area (Å²) in [7, 11) is 0. The fourth-order valence-corrected chi connectivity index (χ4v) is 3.46. The van der Waals surface area contributed by atoms with E-state index in [9.17, 15) is 4.79 Å². The monoisotopic (exact) mass is 429 g/mol.